The van der Waals surface area contributed by atoms with Gasteiger partial charge in [0.15, 0.2) is 0 Å². The highest BCUT2D eigenvalue weighted by molar-refractivity contribution is 5.67. The van der Waals surface area contributed by atoms with Crippen molar-refractivity contribution < 1.29 is 14.1 Å². The molecule has 1 aliphatic rings. The predicted molar refractivity (Wildman–Crippen MR) is 116 cm³/mol. The van der Waals surface area contributed by atoms with Crippen molar-refractivity contribution in [1.82, 2.24) is 19.9 Å². The van der Waals surface area contributed by atoms with E-state index in [2.05, 4.69) is 15.0 Å². The monoisotopic (exact) mass is 414 g/mol. The minimum Gasteiger partial charge on any atom is -0.444 e. The van der Waals surface area contributed by atoms with E-state index in [0.717, 1.165) is 57.4 Å². The molecular formula is C23H34N4O3. The number of hydrogen-bond donors (Lipinski definition) is 0. The van der Waals surface area contributed by atoms with Gasteiger partial charge in [-0.05, 0) is 59.0 Å². The van der Waals surface area contributed by atoms with Gasteiger partial charge in [0.2, 0.25) is 11.7 Å². The van der Waals surface area contributed by atoms with Crippen LogP contribution in [-0.4, -0.2) is 64.9 Å². The van der Waals surface area contributed by atoms with Crippen molar-refractivity contribution in [3.05, 3.63) is 36.2 Å². The lowest BCUT2D eigenvalue weighted by molar-refractivity contribution is 0.0243. The number of ether oxygens (including phenoxy) is 1. The molecule has 1 aromatic heterocycles. The standard InChI is InChI=1S/C23H34N4O3/c1-23(2,3)29-22(28)26(4)16-18-10-8-14-27(17-18)15-9-13-20-24-21(25-30-20)19-11-6-5-7-12-19/h5-7,11-12,18H,8-10,13-17H2,1-4H3. The van der Waals surface area contributed by atoms with E-state index in [1.165, 1.54) is 0 Å². The van der Waals surface area contributed by atoms with E-state index in [1.807, 2.05) is 58.2 Å². The van der Waals surface area contributed by atoms with Crippen molar-refractivity contribution in [3.63, 3.8) is 0 Å². The Balaban J connectivity index is 1.41. The number of aromatic nitrogens is 2. The highest BCUT2D eigenvalue weighted by Crippen LogP contribution is 2.20. The normalized spacial score (nSPS) is 17.7. The van der Waals surface area contributed by atoms with Crippen molar-refractivity contribution in [2.75, 3.05) is 33.2 Å². The van der Waals surface area contributed by atoms with Crippen LogP contribution in [0, 0.1) is 5.92 Å². The Morgan fingerprint density at radius 2 is 2.07 bits per heavy atom. The van der Waals surface area contributed by atoms with Crippen molar-refractivity contribution in [1.29, 1.82) is 0 Å². The van der Waals surface area contributed by atoms with Gasteiger partial charge in [0.25, 0.3) is 0 Å². The maximum Gasteiger partial charge on any atom is 0.410 e. The summed E-state index contributed by atoms with van der Waals surface area (Å²) in [5, 5.41) is 4.09. The molecule has 0 bridgehead atoms. The average molecular weight is 415 g/mol. The summed E-state index contributed by atoms with van der Waals surface area (Å²) in [6, 6.07) is 9.88. The molecule has 1 aliphatic heterocycles. The predicted octanol–water partition coefficient (Wildman–Crippen LogP) is 4.25. The Hall–Kier alpha value is -2.41. The first-order chi connectivity index (χ1) is 14.3. The number of hydrogen-bond acceptors (Lipinski definition) is 6. The topological polar surface area (TPSA) is 71.7 Å². The fraction of sp³-hybridized carbons (Fsp3) is 0.609. The smallest absolute Gasteiger partial charge is 0.410 e. The number of aryl methyl sites for hydroxylation is 1. The number of benzene rings is 1. The minimum absolute atomic E-state index is 0.245. The minimum atomic E-state index is -0.459. The molecule has 1 atom stereocenters. The number of rotatable bonds is 7. The Kier molecular flexibility index (Phi) is 7.48. The van der Waals surface area contributed by atoms with Gasteiger partial charge >= 0.3 is 6.09 Å². The van der Waals surface area contributed by atoms with Crippen LogP contribution in [0.3, 0.4) is 0 Å². The van der Waals surface area contributed by atoms with Crippen LogP contribution >= 0.6 is 0 Å². The third kappa shape index (κ3) is 6.83. The van der Waals surface area contributed by atoms with Gasteiger partial charge in [-0.25, -0.2) is 4.79 Å². The Bertz CT molecular complexity index is 800. The number of carbonyl (C=O) groups excluding carboxylic acids is 1. The first-order valence-electron chi connectivity index (χ1n) is 10.8. The van der Waals surface area contributed by atoms with Crippen LogP contribution in [0.5, 0.6) is 0 Å². The van der Waals surface area contributed by atoms with E-state index >= 15 is 0 Å². The Morgan fingerprint density at radius 3 is 2.80 bits per heavy atom. The second-order valence-corrected chi connectivity index (χ2v) is 9.15. The van der Waals surface area contributed by atoms with Gasteiger partial charge in [-0.2, -0.15) is 4.98 Å². The second kappa shape index (κ2) is 10.1. The molecule has 1 aromatic carbocycles. The zero-order chi connectivity index (χ0) is 21.6. The molecule has 1 fully saturated rings. The van der Waals surface area contributed by atoms with Crippen LogP contribution in [0.2, 0.25) is 0 Å². The fourth-order valence-corrected chi connectivity index (χ4v) is 3.82. The highest BCUT2D eigenvalue weighted by atomic mass is 16.6. The van der Waals surface area contributed by atoms with Gasteiger partial charge in [0.05, 0.1) is 0 Å². The van der Waals surface area contributed by atoms with Gasteiger partial charge in [-0.15, -0.1) is 0 Å². The van der Waals surface area contributed by atoms with E-state index in [-0.39, 0.29) is 6.09 Å². The van der Waals surface area contributed by atoms with E-state index in [9.17, 15) is 4.79 Å². The van der Waals surface area contributed by atoms with Crippen LogP contribution < -0.4 is 0 Å². The van der Waals surface area contributed by atoms with Crippen LogP contribution in [-0.2, 0) is 11.2 Å². The molecule has 1 unspecified atom stereocenters. The van der Waals surface area contributed by atoms with Crippen LogP contribution in [0.1, 0.15) is 45.9 Å². The summed E-state index contributed by atoms with van der Waals surface area (Å²) in [6.07, 6.45) is 3.81. The molecule has 1 amide bonds. The summed E-state index contributed by atoms with van der Waals surface area (Å²) in [6.45, 7) is 9.52. The average Bonchev–Trinajstić information content (AvgIpc) is 3.17. The van der Waals surface area contributed by atoms with Crippen LogP contribution in [0.15, 0.2) is 34.9 Å². The summed E-state index contributed by atoms with van der Waals surface area (Å²) >= 11 is 0. The third-order valence-electron chi connectivity index (χ3n) is 5.21. The lowest BCUT2D eigenvalue weighted by atomic mass is 9.97. The largest absolute Gasteiger partial charge is 0.444 e. The molecule has 164 valence electrons. The zero-order valence-electron chi connectivity index (χ0n) is 18.6. The van der Waals surface area contributed by atoms with Crippen molar-refractivity contribution >= 4 is 6.09 Å². The molecular weight excluding hydrogens is 380 g/mol. The molecule has 7 heteroatoms. The quantitative estimate of drug-likeness (QED) is 0.675. The van der Waals surface area contributed by atoms with E-state index in [4.69, 9.17) is 9.26 Å². The number of nitrogens with zero attached hydrogens (tertiary/aromatic N) is 4. The van der Waals surface area contributed by atoms with Crippen LogP contribution in [0.4, 0.5) is 4.79 Å². The van der Waals surface area contributed by atoms with Crippen LogP contribution in [0.25, 0.3) is 11.4 Å². The Labute approximate surface area is 179 Å². The lowest BCUT2D eigenvalue weighted by Gasteiger charge is -2.35. The second-order valence-electron chi connectivity index (χ2n) is 9.15. The lowest BCUT2D eigenvalue weighted by Crippen LogP contribution is -2.43. The van der Waals surface area contributed by atoms with Crippen molar-refractivity contribution in [3.8, 4) is 11.4 Å². The fourth-order valence-electron chi connectivity index (χ4n) is 3.82. The van der Waals surface area contributed by atoms with E-state index in [1.54, 1.807) is 4.90 Å². The molecule has 0 spiro atoms. The number of carbonyl (C=O) groups is 1. The third-order valence-corrected chi connectivity index (χ3v) is 5.21. The van der Waals surface area contributed by atoms with Gasteiger partial charge in [0.1, 0.15) is 5.60 Å². The maximum absolute atomic E-state index is 12.2. The first-order valence-corrected chi connectivity index (χ1v) is 10.8. The molecule has 0 radical (unpaired) electrons. The summed E-state index contributed by atoms with van der Waals surface area (Å²) in [5.74, 6) is 1.81. The van der Waals surface area contributed by atoms with Gasteiger partial charge < -0.3 is 19.1 Å². The van der Waals surface area contributed by atoms with Crippen molar-refractivity contribution in [2.45, 2.75) is 52.1 Å². The molecule has 0 aliphatic carbocycles. The molecule has 1 saturated heterocycles. The van der Waals surface area contributed by atoms with Gasteiger partial charge in [-0.1, -0.05) is 35.5 Å². The number of amides is 1. The van der Waals surface area contributed by atoms with Gasteiger partial charge in [0, 0.05) is 32.1 Å². The van der Waals surface area contributed by atoms with Crippen molar-refractivity contribution in [2.24, 2.45) is 5.92 Å². The summed E-state index contributed by atoms with van der Waals surface area (Å²) in [5.41, 5.74) is 0.513. The summed E-state index contributed by atoms with van der Waals surface area (Å²) in [7, 11) is 1.83. The van der Waals surface area contributed by atoms with E-state index < -0.39 is 5.60 Å². The molecule has 0 N–H and O–H groups in total. The molecule has 30 heavy (non-hydrogen) atoms. The SMILES string of the molecule is CN(CC1CCCN(CCCc2nc(-c3ccccc3)no2)C1)C(=O)OC(C)(C)C. The summed E-state index contributed by atoms with van der Waals surface area (Å²) < 4.78 is 10.9. The highest BCUT2D eigenvalue weighted by Gasteiger charge is 2.25. The molecule has 7 nitrogen and oxygen atoms in total. The number of likely N-dealkylation sites (tertiary alicyclic amines) is 1. The first kappa shape index (κ1) is 22.3. The number of piperidine rings is 1. The molecule has 2 aromatic rings. The molecule has 3 rings (SSSR count). The molecule has 0 saturated carbocycles. The van der Waals surface area contributed by atoms with Gasteiger partial charge in [-0.3, -0.25) is 0 Å². The zero-order valence-corrected chi connectivity index (χ0v) is 18.6. The molecule has 2 heterocycles. The summed E-state index contributed by atoms with van der Waals surface area (Å²) in [4.78, 5) is 20.9. The maximum atomic E-state index is 12.2. The van der Waals surface area contributed by atoms with E-state index in [0.29, 0.717) is 17.6 Å². The Morgan fingerprint density at radius 1 is 1.30 bits per heavy atom.